The summed E-state index contributed by atoms with van der Waals surface area (Å²) in [6.07, 6.45) is -0.0749. The number of carbonyl (C=O) groups excluding carboxylic acids is 2. The van der Waals surface area contributed by atoms with Gasteiger partial charge in [-0.3, -0.25) is 19.3 Å². The van der Waals surface area contributed by atoms with Crippen molar-refractivity contribution in [1.29, 1.82) is 0 Å². The molecule has 0 aromatic rings. The maximum atomic E-state index is 13.4. The molecule has 2 amide bonds. The minimum atomic E-state index is -0.976. The number of likely N-dealkylation sites (N-methyl/N-ethyl adjacent to an activating group) is 2. The summed E-state index contributed by atoms with van der Waals surface area (Å²) in [6, 6.07) is -1.48. The Morgan fingerprint density at radius 3 is 1.87 bits per heavy atom. The number of hydrogen-bond acceptors (Lipinski definition) is 5. The third-order valence-electron chi connectivity index (χ3n) is 5.77. The Morgan fingerprint density at radius 1 is 1.00 bits per heavy atom. The lowest BCUT2D eigenvalue weighted by molar-refractivity contribution is -0.148. The lowest BCUT2D eigenvalue weighted by Gasteiger charge is -2.40. The molecule has 0 rings (SSSR count). The van der Waals surface area contributed by atoms with Crippen molar-refractivity contribution < 1.29 is 24.2 Å². The molecule has 8 heteroatoms. The zero-order valence-electron chi connectivity index (χ0n) is 20.4. The first-order chi connectivity index (χ1) is 13.8. The summed E-state index contributed by atoms with van der Waals surface area (Å²) in [6.45, 7) is 11.7. The van der Waals surface area contributed by atoms with E-state index < -0.39 is 24.2 Å². The van der Waals surface area contributed by atoms with Crippen LogP contribution in [-0.2, 0) is 19.1 Å². The summed E-state index contributed by atoms with van der Waals surface area (Å²) in [5, 5.41) is 12.2. The molecule has 0 spiro atoms. The van der Waals surface area contributed by atoms with Crippen LogP contribution in [0.1, 0.15) is 54.4 Å². The fraction of sp³-hybridized carbons (Fsp3) is 0.864. The van der Waals surface area contributed by atoms with Crippen LogP contribution in [0.5, 0.6) is 0 Å². The van der Waals surface area contributed by atoms with Crippen molar-refractivity contribution in [3.63, 3.8) is 0 Å². The minimum absolute atomic E-state index is 0.0250. The molecule has 0 aliphatic carbocycles. The molecule has 0 aromatic carbocycles. The van der Waals surface area contributed by atoms with Gasteiger partial charge in [-0.25, -0.2) is 0 Å². The molecule has 2 N–H and O–H groups in total. The van der Waals surface area contributed by atoms with E-state index in [0.29, 0.717) is 0 Å². The average Bonchev–Trinajstić information content (AvgIpc) is 2.63. The molecule has 5 atom stereocenters. The van der Waals surface area contributed by atoms with Crippen LogP contribution in [0.2, 0.25) is 0 Å². The van der Waals surface area contributed by atoms with Gasteiger partial charge < -0.3 is 20.1 Å². The normalized spacial score (nSPS) is 16.8. The quantitative estimate of drug-likeness (QED) is 0.465. The van der Waals surface area contributed by atoms with Crippen LogP contribution in [0.15, 0.2) is 0 Å². The van der Waals surface area contributed by atoms with Crippen LogP contribution in [0.3, 0.4) is 0 Å². The van der Waals surface area contributed by atoms with Crippen LogP contribution in [0.25, 0.3) is 0 Å². The van der Waals surface area contributed by atoms with E-state index in [4.69, 9.17) is 4.74 Å². The van der Waals surface area contributed by atoms with E-state index in [1.807, 2.05) is 60.5 Å². The molecule has 0 fully saturated rings. The molecule has 0 radical (unpaired) electrons. The van der Waals surface area contributed by atoms with Gasteiger partial charge in [0.2, 0.25) is 11.8 Å². The van der Waals surface area contributed by atoms with Crippen LogP contribution < -0.4 is 5.32 Å². The van der Waals surface area contributed by atoms with Gasteiger partial charge in [0.1, 0.15) is 6.04 Å². The second-order valence-corrected chi connectivity index (χ2v) is 9.08. The molecule has 0 saturated carbocycles. The van der Waals surface area contributed by atoms with Crippen LogP contribution >= 0.6 is 0 Å². The van der Waals surface area contributed by atoms with Crippen molar-refractivity contribution in [1.82, 2.24) is 15.1 Å². The predicted octanol–water partition coefficient (Wildman–Crippen LogP) is 2.08. The summed E-state index contributed by atoms with van der Waals surface area (Å²) in [5.41, 5.74) is 0. The average molecular weight is 430 g/mol. The molecule has 1 unspecified atom stereocenters. The number of nitrogens with one attached hydrogen (secondary N) is 1. The van der Waals surface area contributed by atoms with Gasteiger partial charge in [-0.05, 0) is 31.8 Å². The Bertz CT molecular complexity index is 557. The van der Waals surface area contributed by atoms with E-state index in [-0.39, 0.29) is 42.0 Å². The minimum Gasteiger partial charge on any atom is -0.481 e. The van der Waals surface area contributed by atoms with Gasteiger partial charge >= 0.3 is 5.97 Å². The zero-order chi connectivity index (χ0) is 23.8. The van der Waals surface area contributed by atoms with Crippen molar-refractivity contribution in [3.8, 4) is 0 Å². The fourth-order valence-corrected chi connectivity index (χ4v) is 4.01. The van der Waals surface area contributed by atoms with Crippen LogP contribution in [-0.4, -0.2) is 85.2 Å². The monoisotopic (exact) mass is 429 g/mol. The Hall–Kier alpha value is -1.67. The summed E-state index contributed by atoms with van der Waals surface area (Å²) in [4.78, 5) is 41.1. The van der Waals surface area contributed by atoms with Gasteiger partial charge in [-0.2, -0.15) is 0 Å². The number of methoxy groups -OCH3 is 1. The number of carbonyl (C=O) groups is 3. The highest BCUT2D eigenvalue weighted by molar-refractivity contribution is 5.90. The largest absolute Gasteiger partial charge is 0.481 e. The summed E-state index contributed by atoms with van der Waals surface area (Å²) in [5.74, 6) is -1.42. The van der Waals surface area contributed by atoms with E-state index in [0.717, 1.165) is 6.42 Å². The van der Waals surface area contributed by atoms with E-state index in [2.05, 4.69) is 5.32 Å². The third-order valence-corrected chi connectivity index (χ3v) is 5.77. The molecule has 8 nitrogen and oxygen atoms in total. The highest BCUT2D eigenvalue weighted by Crippen LogP contribution is 2.23. The molecule has 0 bridgehead atoms. The van der Waals surface area contributed by atoms with Gasteiger partial charge in [-0.15, -0.1) is 0 Å². The molecule has 0 aliphatic rings. The highest BCUT2D eigenvalue weighted by atomic mass is 16.5. The number of ether oxygens (including phenoxy) is 1. The molecule has 176 valence electrons. The molecule has 0 saturated heterocycles. The Balaban J connectivity index is 5.80. The first kappa shape index (κ1) is 28.3. The second-order valence-electron chi connectivity index (χ2n) is 9.08. The van der Waals surface area contributed by atoms with Crippen molar-refractivity contribution >= 4 is 17.8 Å². The Kier molecular flexibility index (Phi) is 12.2. The number of nitrogens with zero attached hydrogens (tertiary/aromatic N) is 2. The fourth-order valence-electron chi connectivity index (χ4n) is 4.01. The first-order valence-electron chi connectivity index (χ1n) is 10.8. The van der Waals surface area contributed by atoms with Crippen molar-refractivity contribution in [2.45, 2.75) is 78.6 Å². The second kappa shape index (κ2) is 12.9. The van der Waals surface area contributed by atoms with E-state index >= 15 is 0 Å². The summed E-state index contributed by atoms with van der Waals surface area (Å²) < 4.78 is 5.47. The number of amides is 2. The van der Waals surface area contributed by atoms with Crippen molar-refractivity contribution in [2.24, 2.45) is 17.8 Å². The standard InChI is InChI=1S/C22H43N3O5/c1-11-15(6)20(16(30-10)12-17(26)27)25(9)22(29)18(13(2)3)23-21(28)19(14(4)5)24(7)8/h13-16,18-20H,11-12H2,1-10H3,(H,23,28)(H,26,27)/t15-,16+,18?,19-,20-/m0/s1. The van der Waals surface area contributed by atoms with Gasteiger partial charge in [0, 0.05) is 14.2 Å². The van der Waals surface area contributed by atoms with Gasteiger partial charge in [0.15, 0.2) is 0 Å². The topological polar surface area (TPSA) is 99.2 Å². The molecular weight excluding hydrogens is 386 g/mol. The number of carboxylic acids is 1. The SMILES string of the molecule is CC[C@H](C)[C@@H]([C@@H](CC(=O)O)OC)N(C)C(=O)C(NC(=O)[C@H](C(C)C)N(C)C)C(C)C. The number of aliphatic carboxylic acids is 1. The third kappa shape index (κ3) is 7.87. The van der Waals surface area contributed by atoms with Crippen molar-refractivity contribution in [3.05, 3.63) is 0 Å². The van der Waals surface area contributed by atoms with E-state index in [1.165, 1.54) is 7.11 Å². The molecule has 0 aliphatic heterocycles. The van der Waals surface area contributed by atoms with Crippen molar-refractivity contribution in [2.75, 3.05) is 28.3 Å². The first-order valence-corrected chi connectivity index (χ1v) is 10.8. The summed E-state index contributed by atoms with van der Waals surface area (Å²) in [7, 11) is 6.82. The highest BCUT2D eigenvalue weighted by Gasteiger charge is 2.38. The number of hydrogen-bond donors (Lipinski definition) is 2. The molecule has 0 heterocycles. The van der Waals surface area contributed by atoms with Gasteiger partial charge in [0.05, 0.1) is 24.6 Å². The van der Waals surface area contributed by atoms with E-state index in [1.54, 1.807) is 11.9 Å². The molecule has 0 aromatic heterocycles. The smallest absolute Gasteiger partial charge is 0.306 e. The van der Waals surface area contributed by atoms with E-state index in [9.17, 15) is 19.5 Å². The maximum absolute atomic E-state index is 13.4. The zero-order valence-corrected chi connectivity index (χ0v) is 20.4. The van der Waals surface area contributed by atoms with Crippen LogP contribution in [0.4, 0.5) is 0 Å². The van der Waals surface area contributed by atoms with Gasteiger partial charge in [0.25, 0.3) is 0 Å². The predicted molar refractivity (Wildman–Crippen MR) is 118 cm³/mol. The lowest BCUT2D eigenvalue weighted by atomic mass is 9.90. The number of rotatable bonds is 13. The Labute approximate surface area is 182 Å². The van der Waals surface area contributed by atoms with Crippen LogP contribution in [0, 0.1) is 17.8 Å². The molecular formula is C22H43N3O5. The summed E-state index contributed by atoms with van der Waals surface area (Å²) >= 11 is 0. The van der Waals surface area contributed by atoms with Gasteiger partial charge in [-0.1, -0.05) is 48.0 Å². The number of carboxylic acid groups (broad SMARTS) is 1. The lowest BCUT2D eigenvalue weighted by Crippen LogP contribution is -2.59. The Morgan fingerprint density at radius 2 is 1.53 bits per heavy atom. The maximum Gasteiger partial charge on any atom is 0.306 e. The molecule has 30 heavy (non-hydrogen) atoms.